The van der Waals surface area contributed by atoms with Gasteiger partial charge in [0.1, 0.15) is 18.2 Å². The summed E-state index contributed by atoms with van der Waals surface area (Å²) in [5, 5.41) is 7.55. The number of halogens is 1. The van der Waals surface area contributed by atoms with E-state index in [0.29, 0.717) is 18.8 Å². The number of ether oxygens (including phenoxy) is 1. The average molecular weight is 423 g/mol. The van der Waals surface area contributed by atoms with Crippen LogP contribution in [0.4, 0.5) is 4.39 Å². The Morgan fingerprint density at radius 2 is 2.00 bits per heavy atom. The summed E-state index contributed by atoms with van der Waals surface area (Å²) in [7, 11) is 4.01. The highest BCUT2D eigenvalue weighted by atomic mass is 19.1. The zero-order chi connectivity index (χ0) is 21.8. The van der Waals surface area contributed by atoms with E-state index in [4.69, 9.17) is 4.74 Å². The second-order valence-electron chi connectivity index (χ2n) is 8.00. The minimum atomic E-state index is -0.293. The Bertz CT molecular complexity index is 1060. The number of hydrogen-bond acceptors (Lipinski definition) is 4. The van der Waals surface area contributed by atoms with Crippen molar-refractivity contribution >= 4 is 5.91 Å². The lowest BCUT2D eigenvalue weighted by Gasteiger charge is -2.12. The molecule has 0 spiro atoms. The van der Waals surface area contributed by atoms with Gasteiger partial charge in [-0.1, -0.05) is 12.1 Å². The molecule has 0 saturated heterocycles. The molecule has 1 N–H and O–H groups in total. The van der Waals surface area contributed by atoms with Crippen LogP contribution in [0.3, 0.4) is 0 Å². The van der Waals surface area contributed by atoms with E-state index in [-0.39, 0.29) is 11.7 Å². The second-order valence-corrected chi connectivity index (χ2v) is 8.00. The molecule has 31 heavy (non-hydrogen) atoms. The van der Waals surface area contributed by atoms with Crippen molar-refractivity contribution in [1.29, 1.82) is 0 Å². The first-order chi connectivity index (χ1) is 15.0. The minimum Gasteiger partial charge on any atom is -0.492 e. The average Bonchev–Trinajstić information content (AvgIpc) is 3.36. The van der Waals surface area contributed by atoms with E-state index in [1.165, 1.54) is 12.1 Å². The maximum absolute atomic E-state index is 13.3. The van der Waals surface area contributed by atoms with Crippen LogP contribution in [0.25, 0.3) is 5.69 Å². The first-order valence-corrected chi connectivity index (χ1v) is 10.5. The van der Waals surface area contributed by atoms with Crippen LogP contribution in [0.15, 0.2) is 48.5 Å². The van der Waals surface area contributed by atoms with Gasteiger partial charge in [-0.2, -0.15) is 5.10 Å². The lowest BCUT2D eigenvalue weighted by molar-refractivity contribution is 0.0944. The molecule has 4 rings (SSSR count). The Kier molecular flexibility index (Phi) is 6.32. The van der Waals surface area contributed by atoms with Gasteiger partial charge in [0.15, 0.2) is 5.69 Å². The summed E-state index contributed by atoms with van der Waals surface area (Å²) in [6.45, 7) is 1.83. The Balaban J connectivity index is 1.45. The quantitative estimate of drug-likeness (QED) is 0.605. The lowest BCUT2D eigenvalue weighted by atomic mass is 10.1. The molecule has 0 unspecified atom stereocenters. The summed E-state index contributed by atoms with van der Waals surface area (Å²) in [5.41, 5.74) is 4.21. The van der Waals surface area contributed by atoms with Gasteiger partial charge in [-0.3, -0.25) is 4.79 Å². The molecule has 0 bridgehead atoms. The van der Waals surface area contributed by atoms with Crippen LogP contribution in [0, 0.1) is 5.82 Å². The van der Waals surface area contributed by atoms with E-state index in [1.807, 2.05) is 38.4 Å². The molecule has 162 valence electrons. The smallest absolute Gasteiger partial charge is 0.272 e. The van der Waals surface area contributed by atoms with Crippen molar-refractivity contribution in [3.8, 4) is 11.4 Å². The lowest BCUT2D eigenvalue weighted by Crippen LogP contribution is -2.24. The van der Waals surface area contributed by atoms with Gasteiger partial charge in [0.25, 0.3) is 5.91 Å². The van der Waals surface area contributed by atoms with Crippen LogP contribution in [0.2, 0.25) is 0 Å². The number of aromatic nitrogens is 2. The van der Waals surface area contributed by atoms with Gasteiger partial charge in [-0.25, -0.2) is 9.07 Å². The summed E-state index contributed by atoms with van der Waals surface area (Å²) in [6.07, 6.45) is 2.68. The van der Waals surface area contributed by atoms with Gasteiger partial charge in [-0.15, -0.1) is 0 Å². The van der Waals surface area contributed by atoms with Crippen LogP contribution in [-0.4, -0.2) is 47.8 Å². The fraction of sp³-hybridized carbons (Fsp3) is 0.333. The highest BCUT2D eigenvalue weighted by molar-refractivity contribution is 5.94. The molecule has 1 aliphatic rings. The standard InChI is InChI=1S/C24H27FN4O2/c1-28(2)13-14-31-20-6-3-5-17(15-20)16-26-24(30)23-21-7-4-8-22(21)29(27-23)19-11-9-18(25)10-12-19/h3,5-6,9-12,15H,4,7-8,13-14,16H2,1-2H3,(H,26,30). The van der Waals surface area contributed by atoms with Crippen LogP contribution in [0.5, 0.6) is 5.75 Å². The normalized spacial score (nSPS) is 12.8. The zero-order valence-electron chi connectivity index (χ0n) is 17.9. The molecule has 0 radical (unpaired) electrons. The van der Waals surface area contributed by atoms with E-state index in [2.05, 4.69) is 15.3 Å². The monoisotopic (exact) mass is 422 g/mol. The van der Waals surface area contributed by atoms with Crippen LogP contribution in [-0.2, 0) is 19.4 Å². The van der Waals surface area contributed by atoms with Crippen molar-refractivity contribution in [2.45, 2.75) is 25.8 Å². The van der Waals surface area contributed by atoms with Gasteiger partial charge < -0.3 is 15.0 Å². The Hall–Kier alpha value is -3.19. The minimum absolute atomic E-state index is 0.196. The third kappa shape index (κ3) is 4.94. The molecule has 0 atom stereocenters. The highest BCUT2D eigenvalue weighted by Gasteiger charge is 2.26. The molecule has 1 heterocycles. The summed E-state index contributed by atoms with van der Waals surface area (Å²) >= 11 is 0. The molecule has 0 saturated carbocycles. The molecular formula is C24H27FN4O2. The molecular weight excluding hydrogens is 395 g/mol. The number of fused-ring (bicyclic) bond motifs is 1. The number of amides is 1. The van der Waals surface area contributed by atoms with Crippen molar-refractivity contribution in [2.24, 2.45) is 0 Å². The molecule has 6 nitrogen and oxygen atoms in total. The van der Waals surface area contributed by atoms with Crippen molar-refractivity contribution in [3.05, 3.63) is 76.9 Å². The maximum Gasteiger partial charge on any atom is 0.272 e. The summed E-state index contributed by atoms with van der Waals surface area (Å²) in [5.74, 6) is 0.298. The van der Waals surface area contributed by atoms with Gasteiger partial charge in [0, 0.05) is 24.3 Å². The van der Waals surface area contributed by atoms with Crippen LogP contribution < -0.4 is 10.1 Å². The number of benzene rings is 2. The molecule has 1 aromatic heterocycles. The predicted octanol–water partition coefficient (Wildman–Crippen LogP) is 3.37. The van der Waals surface area contributed by atoms with Crippen LogP contribution in [0.1, 0.15) is 33.7 Å². The number of nitrogens with zero attached hydrogens (tertiary/aromatic N) is 3. The Morgan fingerprint density at radius 3 is 2.77 bits per heavy atom. The SMILES string of the molecule is CN(C)CCOc1cccc(CNC(=O)c2nn(-c3ccc(F)cc3)c3c2CCC3)c1. The van der Waals surface area contributed by atoms with E-state index in [1.54, 1.807) is 16.8 Å². The molecule has 1 amide bonds. The second kappa shape index (κ2) is 9.31. The van der Waals surface area contributed by atoms with E-state index in [0.717, 1.165) is 54.1 Å². The highest BCUT2D eigenvalue weighted by Crippen LogP contribution is 2.28. The third-order valence-corrected chi connectivity index (χ3v) is 5.38. The molecule has 3 aromatic rings. The topological polar surface area (TPSA) is 59.4 Å². The number of carbonyl (C=O) groups excluding carboxylic acids is 1. The number of rotatable bonds is 8. The first-order valence-electron chi connectivity index (χ1n) is 10.5. The van der Waals surface area contributed by atoms with E-state index < -0.39 is 0 Å². The van der Waals surface area contributed by atoms with Crippen molar-refractivity contribution in [1.82, 2.24) is 20.0 Å². The number of carbonyl (C=O) groups is 1. The van der Waals surface area contributed by atoms with Gasteiger partial charge in [0.05, 0.1) is 5.69 Å². The van der Waals surface area contributed by atoms with Gasteiger partial charge >= 0.3 is 0 Å². The molecule has 1 aliphatic carbocycles. The van der Waals surface area contributed by atoms with Crippen LogP contribution >= 0.6 is 0 Å². The summed E-state index contributed by atoms with van der Waals surface area (Å²) in [4.78, 5) is 15.0. The maximum atomic E-state index is 13.3. The number of hydrogen-bond donors (Lipinski definition) is 1. The Morgan fingerprint density at radius 1 is 1.19 bits per heavy atom. The first kappa shape index (κ1) is 21.1. The zero-order valence-corrected chi connectivity index (χ0v) is 17.9. The van der Waals surface area contributed by atoms with E-state index >= 15 is 0 Å². The van der Waals surface area contributed by atoms with Crippen molar-refractivity contribution in [2.75, 3.05) is 27.2 Å². The number of nitrogens with one attached hydrogen (secondary N) is 1. The molecule has 0 aliphatic heterocycles. The fourth-order valence-electron chi connectivity index (χ4n) is 3.77. The summed E-state index contributed by atoms with van der Waals surface area (Å²) < 4.78 is 20.8. The van der Waals surface area contributed by atoms with Crippen molar-refractivity contribution < 1.29 is 13.9 Å². The summed E-state index contributed by atoms with van der Waals surface area (Å²) in [6, 6.07) is 13.9. The predicted molar refractivity (Wildman–Crippen MR) is 117 cm³/mol. The van der Waals surface area contributed by atoms with E-state index in [9.17, 15) is 9.18 Å². The molecule has 7 heteroatoms. The van der Waals surface area contributed by atoms with Crippen molar-refractivity contribution in [3.63, 3.8) is 0 Å². The largest absolute Gasteiger partial charge is 0.492 e. The Labute approximate surface area is 181 Å². The molecule has 0 fully saturated rings. The van der Waals surface area contributed by atoms with Gasteiger partial charge in [0.2, 0.25) is 0 Å². The fourth-order valence-corrected chi connectivity index (χ4v) is 3.77. The number of likely N-dealkylation sites (N-methyl/N-ethyl adjacent to an activating group) is 1. The van der Waals surface area contributed by atoms with Gasteiger partial charge in [-0.05, 0) is 75.3 Å². The molecule has 2 aromatic carbocycles. The third-order valence-electron chi connectivity index (χ3n) is 5.38.